The van der Waals surface area contributed by atoms with Crippen LogP contribution in [0.25, 0.3) is 0 Å². The molecule has 0 saturated heterocycles. The summed E-state index contributed by atoms with van der Waals surface area (Å²) < 4.78 is 77.7. The molecule has 2 rings (SSSR count). The summed E-state index contributed by atoms with van der Waals surface area (Å²) in [5.41, 5.74) is 2.21. The Labute approximate surface area is 183 Å². The minimum atomic E-state index is -4.98. The number of hydrogen-bond donors (Lipinski definition) is 2. The van der Waals surface area contributed by atoms with E-state index in [1.54, 1.807) is 12.1 Å². The number of benzene rings is 2. The van der Waals surface area contributed by atoms with Crippen LogP contribution < -0.4 is 16.0 Å². The standard InChI is InChI=1S/C19H15Cl2F6N3O/c1-30(14-5-3-2-4-13(14)20)17(31)15(28)16(21)29-9-10-6-11(18(22,23)24)8-12(7-10)19(25,26)27/h2-8,29H,9,28H2,1H3/b16-15-. The molecule has 1 amide bonds. The number of halogens is 8. The minimum Gasteiger partial charge on any atom is -0.392 e. The highest BCUT2D eigenvalue weighted by molar-refractivity contribution is 6.34. The number of rotatable bonds is 5. The second-order valence-corrected chi connectivity index (χ2v) is 7.10. The zero-order chi connectivity index (χ0) is 23.6. The number of nitrogens with one attached hydrogen (secondary N) is 1. The zero-order valence-corrected chi connectivity index (χ0v) is 17.2. The summed E-state index contributed by atoms with van der Waals surface area (Å²) in [7, 11) is 1.36. The normalized spacial score (nSPS) is 12.9. The number of amides is 1. The molecule has 0 aliphatic heterocycles. The molecule has 0 spiro atoms. The molecular formula is C19H15Cl2F6N3O. The van der Waals surface area contributed by atoms with Crippen LogP contribution in [0.5, 0.6) is 0 Å². The molecule has 0 aromatic heterocycles. The fourth-order valence-corrected chi connectivity index (χ4v) is 2.91. The van der Waals surface area contributed by atoms with Crippen molar-refractivity contribution in [2.45, 2.75) is 18.9 Å². The maximum Gasteiger partial charge on any atom is 0.416 e. The van der Waals surface area contributed by atoms with Crippen LogP contribution in [0.1, 0.15) is 16.7 Å². The first-order chi connectivity index (χ1) is 14.2. The lowest BCUT2D eigenvalue weighted by atomic mass is 10.0. The highest BCUT2D eigenvalue weighted by Crippen LogP contribution is 2.36. The Bertz CT molecular complexity index is 973. The van der Waals surface area contributed by atoms with Gasteiger partial charge < -0.3 is 16.0 Å². The van der Waals surface area contributed by atoms with E-state index in [1.165, 1.54) is 19.2 Å². The quantitative estimate of drug-likeness (QED) is 0.334. The average molecular weight is 486 g/mol. The molecule has 0 fully saturated rings. The molecule has 2 aromatic carbocycles. The molecule has 0 atom stereocenters. The maximum atomic E-state index is 12.9. The monoisotopic (exact) mass is 485 g/mol. The maximum absolute atomic E-state index is 12.9. The number of anilines is 1. The van der Waals surface area contributed by atoms with Crippen LogP contribution in [0.2, 0.25) is 5.02 Å². The highest BCUT2D eigenvalue weighted by atomic mass is 35.5. The van der Waals surface area contributed by atoms with Gasteiger partial charge in [0.25, 0.3) is 5.91 Å². The van der Waals surface area contributed by atoms with Crippen LogP contribution in [0, 0.1) is 0 Å². The third-order valence-electron chi connectivity index (χ3n) is 4.08. The molecule has 0 aliphatic rings. The van der Waals surface area contributed by atoms with Crippen molar-refractivity contribution in [3.8, 4) is 0 Å². The lowest BCUT2D eigenvalue weighted by Crippen LogP contribution is -2.33. The molecule has 168 valence electrons. The van der Waals surface area contributed by atoms with Crippen molar-refractivity contribution in [1.82, 2.24) is 5.32 Å². The largest absolute Gasteiger partial charge is 0.416 e. The van der Waals surface area contributed by atoms with Gasteiger partial charge in [0.15, 0.2) is 0 Å². The van der Waals surface area contributed by atoms with Gasteiger partial charge in [0.05, 0.1) is 21.8 Å². The number of hydrogen-bond acceptors (Lipinski definition) is 3. The number of para-hydroxylation sites is 1. The van der Waals surface area contributed by atoms with E-state index in [-0.39, 0.29) is 16.7 Å². The van der Waals surface area contributed by atoms with Gasteiger partial charge >= 0.3 is 12.4 Å². The van der Waals surface area contributed by atoms with E-state index in [9.17, 15) is 31.1 Å². The number of nitrogens with zero attached hydrogens (tertiary/aromatic N) is 1. The van der Waals surface area contributed by atoms with Gasteiger partial charge in [0, 0.05) is 13.6 Å². The van der Waals surface area contributed by atoms with E-state index in [2.05, 4.69) is 5.32 Å². The van der Waals surface area contributed by atoms with Gasteiger partial charge in [-0.3, -0.25) is 4.79 Å². The molecule has 3 N–H and O–H groups in total. The first-order valence-electron chi connectivity index (χ1n) is 8.42. The van der Waals surface area contributed by atoms with Crippen molar-refractivity contribution in [3.05, 3.63) is 75.0 Å². The summed E-state index contributed by atoms with van der Waals surface area (Å²) in [4.78, 5) is 13.6. The summed E-state index contributed by atoms with van der Waals surface area (Å²) in [5.74, 6) is -0.786. The minimum absolute atomic E-state index is 0.0113. The summed E-state index contributed by atoms with van der Waals surface area (Å²) >= 11 is 11.9. The van der Waals surface area contributed by atoms with Crippen molar-refractivity contribution in [2.24, 2.45) is 5.73 Å². The summed E-state index contributed by atoms with van der Waals surface area (Å²) in [6.45, 7) is -0.546. The molecule has 0 saturated carbocycles. The van der Waals surface area contributed by atoms with Crippen molar-refractivity contribution in [1.29, 1.82) is 0 Å². The van der Waals surface area contributed by atoms with Gasteiger partial charge in [-0.15, -0.1) is 0 Å². The molecule has 0 bridgehead atoms. The predicted octanol–water partition coefficient (Wildman–Crippen LogP) is 5.50. The zero-order valence-electron chi connectivity index (χ0n) is 15.7. The Kier molecular flexibility index (Phi) is 7.38. The van der Waals surface area contributed by atoms with E-state index >= 15 is 0 Å². The van der Waals surface area contributed by atoms with Gasteiger partial charge in [-0.25, -0.2) is 0 Å². The van der Waals surface area contributed by atoms with Crippen molar-refractivity contribution >= 4 is 34.8 Å². The number of likely N-dealkylation sites (N-methyl/N-ethyl adjacent to an activating group) is 1. The molecule has 0 aliphatic carbocycles. The molecular weight excluding hydrogens is 471 g/mol. The molecule has 12 heteroatoms. The van der Waals surface area contributed by atoms with Crippen LogP contribution in [0.15, 0.2) is 53.3 Å². The Morgan fingerprint density at radius 1 is 1.03 bits per heavy atom. The fraction of sp³-hybridized carbons (Fsp3) is 0.211. The first kappa shape index (κ1) is 24.7. The third-order valence-corrected chi connectivity index (χ3v) is 4.74. The van der Waals surface area contributed by atoms with E-state index in [4.69, 9.17) is 28.9 Å². The molecule has 0 heterocycles. The number of alkyl halides is 6. The van der Waals surface area contributed by atoms with Gasteiger partial charge in [0.2, 0.25) is 0 Å². The van der Waals surface area contributed by atoms with E-state index < -0.39 is 46.8 Å². The second kappa shape index (κ2) is 9.27. The average Bonchev–Trinajstić information content (AvgIpc) is 2.69. The Hall–Kier alpha value is -2.59. The summed E-state index contributed by atoms with van der Waals surface area (Å²) in [5, 5.41) is 2.16. The molecule has 2 aromatic rings. The van der Waals surface area contributed by atoms with Gasteiger partial charge in [-0.2, -0.15) is 26.3 Å². The van der Waals surface area contributed by atoms with Crippen molar-refractivity contribution < 1.29 is 31.1 Å². The number of nitrogens with two attached hydrogens (primary N) is 1. The number of carbonyl (C=O) groups excluding carboxylic acids is 1. The molecule has 0 unspecified atom stereocenters. The van der Waals surface area contributed by atoms with Crippen LogP contribution in [0.4, 0.5) is 32.0 Å². The molecule has 0 radical (unpaired) electrons. The van der Waals surface area contributed by atoms with Crippen LogP contribution >= 0.6 is 23.2 Å². The Morgan fingerprint density at radius 3 is 2.03 bits per heavy atom. The second-order valence-electron chi connectivity index (χ2n) is 6.31. The summed E-state index contributed by atoms with van der Waals surface area (Å²) in [6.07, 6.45) is -9.97. The molecule has 4 nitrogen and oxygen atoms in total. The topological polar surface area (TPSA) is 58.4 Å². The van der Waals surface area contributed by atoms with E-state index in [0.717, 1.165) is 4.90 Å². The lowest BCUT2D eigenvalue weighted by molar-refractivity contribution is -0.143. The van der Waals surface area contributed by atoms with E-state index in [1.807, 2.05) is 0 Å². The molecule has 31 heavy (non-hydrogen) atoms. The Morgan fingerprint density at radius 2 is 1.55 bits per heavy atom. The first-order valence-corrected chi connectivity index (χ1v) is 9.17. The van der Waals surface area contributed by atoms with Gasteiger partial charge in [-0.1, -0.05) is 35.3 Å². The summed E-state index contributed by atoms with van der Waals surface area (Å²) in [6, 6.07) is 7.43. The predicted molar refractivity (Wildman–Crippen MR) is 105 cm³/mol. The highest BCUT2D eigenvalue weighted by Gasteiger charge is 2.36. The van der Waals surface area contributed by atoms with Crippen LogP contribution in [0.3, 0.4) is 0 Å². The van der Waals surface area contributed by atoms with Crippen LogP contribution in [-0.4, -0.2) is 13.0 Å². The number of carbonyl (C=O) groups is 1. The fourth-order valence-electron chi connectivity index (χ4n) is 2.50. The lowest BCUT2D eigenvalue weighted by Gasteiger charge is -2.20. The SMILES string of the molecule is CN(C(=O)/C(N)=C(\Cl)NCc1cc(C(F)(F)F)cc(C(F)(F)F)c1)c1ccccc1Cl. The van der Waals surface area contributed by atoms with Crippen molar-refractivity contribution in [2.75, 3.05) is 11.9 Å². The van der Waals surface area contributed by atoms with Gasteiger partial charge in [-0.05, 0) is 35.9 Å². The Balaban J connectivity index is 2.25. The van der Waals surface area contributed by atoms with Gasteiger partial charge in [0.1, 0.15) is 10.9 Å². The third kappa shape index (κ3) is 6.20. The van der Waals surface area contributed by atoms with Crippen LogP contribution in [-0.2, 0) is 23.7 Å². The smallest absolute Gasteiger partial charge is 0.392 e. The van der Waals surface area contributed by atoms with Crippen molar-refractivity contribution in [3.63, 3.8) is 0 Å². The van der Waals surface area contributed by atoms with E-state index in [0.29, 0.717) is 17.8 Å².